The van der Waals surface area contributed by atoms with E-state index in [-0.39, 0.29) is 18.4 Å². The van der Waals surface area contributed by atoms with Crippen LogP contribution in [-0.2, 0) is 16.0 Å². The van der Waals surface area contributed by atoms with Gasteiger partial charge in [0.25, 0.3) is 0 Å². The molecule has 0 bridgehead atoms. The van der Waals surface area contributed by atoms with Gasteiger partial charge in [0.2, 0.25) is 0 Å². The molecule has 1 aliphatic rings. The van der Waals surface area contributed by atoms with Gasteiger partial charge in [0, 0.05) is 12.1 Å². The zero-order valence-corrected chi connectivity index (χ0v) is 11.8. The van der Waals surface area contributed by atoms with Gasteiger partial charge in [-0.2, -0.15) is 0 Å². The predicted octanol–water partition coefficient (Wildman–Crippen LogP) is 1.66. The Morgan fingerprint density at radius 3 is 2.75 bits per heavy atom. The molecule has 20 heavy (non-hydrogen) atoms. The third kappa shape index (κ3) is 3.77. The van der Waals surface area contributed by atoms with E-state index < -0.39 is 0 Å². The number of allylic oxidation sites excluding steroid dienone is 1. The van der Waals surface area contributed by atoms with E-state index in [1.165, 1.54) is 12.1 Å². The van der Waals surface area contributed by atoms with Gasteiger partial charge in [0.05, 0.1) is 18.7 Å². The van der Waals surface area contributed by atoms with Gasteiger partial charge >= 0.3 is 5.97 Å². The Balaban J connectivity index is 1.85. The number of halogens is 1. The Bertz CT molecular complexity index is 555. The predicted molar refractivity (Wildman–Crippen MR) is 77.5 cm³/mol. The second-order valence-corrected chi connectivity index (χ2v) is 4.83. The number of rotatable bonds is 4. The summed E-state index contributed by atoms with van der Waals surface area (Å²) in [6.45, 7) is 2.41. The number of ether oxygens (including phenoxy) is 1. The van der Waals surface area contributed by atoms with Crippen LogP contribution in [-0.4, -0.2) is 24.2 Å². The molecule has 0 saturated heterocycles. The minimum absolute atomic E-state index is 0.256. The van der Waals surface area contributed by atoms with E-state index >= 15 is 0 Å². The van der Waals surface area contributed by atoms with E-state index in [1.54, 1.807) is 19.1 Å². The first kappa shape index (κ1) is 14.5. The summed E-state index contributed by atoms with van der Waals surface area (Å²) >= 11 is 4.94. The van der Waals surface area contributed by atoms with Crippen LogP contribution in [0.2, 0.25) is 0 Å². The molecule has 6 heteroatoms. The van der Waals surface area contributed by atoms with Crippen LogP contribution in [0.15, 0.2) is 35.5 Å². The van der Waals surface area contributed by atoms with E-state index in [2.05, 4.69) is 10.6 Å². The summed E-state index contributed by atoms with van der Waals surface area (Å²) in [6.07, 6.45) is 0.553. The SMILES string of the molecule is CC1=C(C(=O)OCCc2ccc(F)cc2)CNC(=S)N1. The van der Waals surface area contributed by atoms with Crippen LogP contribution in [0.4, 0.5) is 4.39 Å². The first-order valence-electron chi connectivity index (χ1n) is 6.22. The Morgan fingerprint density at radius 2 is 2.10 bits per heavy atom. The van der Waals surface area contributed by atoms with Gasteiger partial charge in [-0.15, -0.1) is 0 Å². The van der Waals surface area contributed by atoms with Crippen molar-refractivity contribution in [2.24, 2.45) is 0 Å². The molecule has 0 aliphatic carbocycles. The molecule has 1 aromatic rings. The van der Waals surface area contributed by atoms with Crippen molar-refractivity contribution < 1.29 is 13.9 Å². The summed E-state index contributed by atoms with van der Waals surface area (Å²) < 4.78 is 17.9. The number of hydrogen-bond donors (Lipinski definition) is 2. The molecule has 0 radical (unpaired) electrons. The highest BCUT2D eigenvalue weighted by molar-refractivity contribution is 7.80. The fraction of sp³-hybridized carbons (Fsp3) is 0.286. The Hall–Kier alpha value is -1.95. The topological polar surface area (TPSA) is 50.4 Å². The molecular weight excluding hydrogens is 279 g/mol. The smallest absolute Gasteiger partial charge is 0.337 e. The maximum Gasteiger partial charge on any atom is 0.337 e. The minimum atomic E-state index is -0.368. The third-order valence-electron chi connectivity index (χ3n) is 2.96. The number of benzene rings is 1. The van der Waals surface area contributed by atoms with Gasteiger partial charge in [-0.25, -0.2) is 9.18 Å². The quantitative estimate of drug-likeness (QED) is 0.653. The summed E-state index contributed by atoms with van der Waals surface area (Å²) in [5.41, 5.74) is 2.17. The fourth-order valence-electron chi connectivity index (χ4n) is 1.82. The average Bonchev–Trinajstić information content (AvgIpc) is 2.41. The normalized spacial score (nSPS) is 14.6. The highest BCUT2D eigenvalue weighted by Gasteiger charge is 2.19. The molecular formula is C14H15FN2O2S. The fourth-order valence-corrected chi connectivity index (χ4v) is 2.04. The summed E-state index contributed by atoms with van der Waals surface area (Å²) in [6, 6.07) is 6.13. The highest BCUT2D eigenvalue weighted by atomic mass is 32.1. The van der Waals surface area contributed by atoms with Crippen LogP contribution in [0.25, 0.3) is 0 Å². The van der Waals surface area contributed by atoms with Crippen molar-refractivity contribution in [1.29, 1.82) is 0 Å². The number of carbonyl (C=O) groups is 1. The Labute approximate surface area is 122 Å². The van der Waals surface area contributed by atoms with E-state index in [9.17, 15) is 9.18 Å². The van der Waals surface area contributed by atoms with Crippen molar-refractivity contribution in [3.05, 3.63) is 46.9 Å². The number of hydrogen-bond acceptors (Lipinski definition) is 3. The zero-order valence-electron chi connectivity index (χ0n) is 11.0. The second kappa shape index (κ2) is 6.47. The van der Waals surface area contributed by atoms with E-state index in [0.717, 1.165) is 5.56 Å². The van der Waals surface area contributed by atoms with Gasteiger partial charge in [0.1, 0.15) is 5.82 Å². The molecule has 0 aromatic heterocycles. The molecule has 2 rings (SSSR count). The lowest BCUT2D eigenvalue weighted by atomic mass is 10.1. The van der Waals surface area contributed by atoms with Crippen LogP contribution in [0, 0.1) is 5.82 Å². The van der Waals surface area contributed by atoms with E-state index in [0.29, 0.717) is 29.3 Å². The van der Waals surface area contributed by atoms with Gasteiger partial charge in [-0.1, -0.05) is 12.1 Å². The standard InChI is InChI=1S/C14H15FN2O2S/c1-9-12(8-16-14(20)17-9)13(18)19-7-6-10-2-4-11(15)5-3-10/h2-5H,6-8H2,1H3,(H2,16,17,20). The van der Waals surface area contributed by atoms with Crippen molar-refractivity contribution >= 4 is 23.3 Å². The molecule has 2 N–H and O–H groups in total. The number of nitrogens with one attached hydrogen (secondary N) is 2. The van der Waals surface area contributed by atoms with E-state index in [4.69, 9.17) is 17.0 Å². The van der Waals surface area contributed by atoms with Gasteiger partial charge in [0.15, 0.2) is 5.11 Å². The average molecular weight is 294 g/mol. The lowest BCUT2D eigenvalue weighted by Gasteiger charge is -2.20. The van der Waals surface area contributed by atoms with Crippen molar-refractivity contribution in [3.63, 3.8) is 0 Å². The largest absolute Gasteiger partial charge is 0.462 e. The first-order valence-corrected chi connectivity index (χ1v) is 6.63. The van der Waals surface area contributed by atoms with Crippen molar-refractivity contribution in [2.75, 3.05) is 13.2 Å². The molecule has 0 spiro atoms. The molecule has 0 fully saturated rings. The molecule has 1 aliphatic heterocycles. The van der Waals surface area contributed by atoms with Crippen molar-refractivity contribution in [2.45, 2.75) is 13.3 Å². The lowest BCUT2D eigenvalue weighted by molar-refractivity contribution is -0.139. The van der Waals surface area contributed by atoms with Crippen LogP contribution in [0.3, 0.4) is 0 Å². The number of thiocarbonyl (C=S) groups is 1. The second-order valence-electron chi connectivity index (χ2n) is 4.42. The summed E-state index contributed by atoms with van der Waals surface area (Å²) in [7, 11) is 0. The van der Waals surface area contributed by atoms with Gasteiger partial charge in [-0.05, 0) is 36.8 Å². The monoisotopic (exact) mass is 294 g/mol. The van der Waals surface area contributed by atoms with E-state index in [1.807, 2.05) is 0 Å². The molecule has 106 valence electrons. The molecule has 0 atom stereocenters. The van der Waals surface area contributed by atoms with Crippen molar-refractivity contribution in [3.8, 4) is 0 Å². The van der Waals surface area contributed by atoms with Crippen LogP contribution in [0.5, 0.6) is 0 Å². The summed E-state index contributed by atoms with van der Waals surface area (Å²) in [5.74, 6) is -0.644. The maximum atomic E-state index is 12.7. The zero-order chi connectivity index (χ0) is 14.5. The number of esters is 1. The highest BCUT2D eigenvalue weighted by Crippen LogP contribution is 2.08. The summed E-state index contributed by atoms with van der Waals surface area (Å²) in [4.78, 5) is 11.9. The van der Waals surface area contributed by atoms with Gasteiger partial charge < -0.3 is 15.4 Å². The third-order valence-corrected chi connectivity index (χ3v) is 3.21. The van der Waals surface area contributed by atoms with Crippen LogP contribution >= 0.6 is 12.2 Å². The first-order chi connectivity index (χ1) is 9.56. The van der Waals surface area contributed by atoms with Gasteiger partial charge in [-0.3, -0.25) is 0 Å². The molecule has 4 nitrogen and oxygen atoms in total. The molecule has 0 amide bonds. The van der Waals surface area contributed by atoms with Crippen LogP contribution < -0.4 is 10.6 Å². The molecule has 0 saturated carbocycles. The molecule has 1 heterocycles. The Kier molecular flexibility index (Phi) is 4.68. The lowest BCUT2D eigenvalue weighted by Crippen LogP contribution is -2.43. The number of carbonyl (C=O) groups excluding carboxylic acids is 1. The Morgan fingerprint density at radius 1 is 1.40 bits per heavy atom. The minimum Gasteiger partial charge on any atom is -0.462 e. The maximum absolute atomic E-state index is 12.7. The van der Waals surface area contributed by atoms with Crippen molar-refractivity contribution in [1.82, 2.24) is 10.6 Å². The summed E-state index contributed by atoms with van der Waals surface area (Å²) in [5, 5.41) is 6.26. The van der Waals surface area contributed by atoms with Crippen LogP contribution in [0.1, 0.15) is 12.5 Å². The molecule has 0 unspecified atom stereocenters. The molecule has 1 aromatic carbocycles.